The number of hydrogen-bond donors (Lipinski definition) is 1. The lowest BCUT2D eigenvalue weighted by atomic mass is 10.0. The average Bonchev–Trinajstić information content (AvgIpc) is 1.84. The monoisotopic (exact) mass is 170 g/mol. The molecular formula is C10H22N2. The van der Waals surface area contributed by atoms with E-state index in [4.69, 9.17) is 5.73 Å². The summed E-state index contributed by atoms with van der Waals surface area (Å²) >= 11 is 0. The number of nitrogens with zero attached hydrogens (tertiary/aromatic N) is 1. The van der Waals surface area contributed by atoms with Gasteiger partial charge < -0.3 is 10.6 Å². The van der Waals surface area contributed by atoms with Gasteiger partial charge in [-0.05, 0) is 26.8 Å². The Balaban J connectivity index is 3.68. The summed E-state index contributed by atoms with van der Waals surface area (Å²) in [7, 11) is 2.10. The molecule has 0 aromatic rings. The van der Waals surface area contributed by atoms with E-state index in [0.29, 0.717) is 5.92 Å². The predicted octanol–water partition coefficient (Wildman–Crippen LogP) is 1.48. The summed E-state index contributed by atoms with van der Waals surface area (Å²) < 4.78 is 0. The van der Waals surface area contributed by atoms with Crippen molar-refractivity contribution >= 4 is 0 Å². The van der Waals surface area contributed by atoms with Gasteiger partial charge in [0.05, 0.1) is 0 Å². The van der Waals surface area contributed by atoms with Gasteiger partial charge in [0.1, 0.15) is 0 Å². The van der Waals surface area contributed by atoms with Gasteiger partial charge in [0.2, 0.25) is 0 Å². The normalized spacial score (nSPS) is 16.2. The van der Waals surface area contributed by atoms with E-state index in [0.717, 1.165) is 13.1 Å². The summed E-state index contributed by atoms with van der Waals surface area (Å²) in [4.78, 5) is 2.26. The third kappa shape index (κ3) is 5.33. The van der Waals surface area contributed by atoms with Crippen molar-refractivity contribution in [3.8, 4) is 0 Å². The van der Waals surface area contributed by atoms with Gasteiger partial charge in [0.25, 0.3) is 0 Å². The minimum Gasteiger partial charge on any atom is -0.328 e. The lowest BCUT2D eigenvalue weighted by molar-refractivity contribution is 0.286. The zero-order chi connectivity index (χ0) is 9.72. The molecule has 2 N–H and O–H groups in total. The van der Waals surface area contributed by atoms with E-state index in [-0.39, 0.29) is 6.04 Å². The quantitative estimate of drug-likeness (QED) is 0.633. The topological polar surface area (TPSA) is 29.3 Å². The number of rotatable bonds is 5. The molecular weight excluding hydrogens is 148 g/mol. The van der Waals surface area contributed by atoms with Crippen molar-refractivity contribution < 1.29 is 0 Å². The Morgan fingerprint density at radius 1 is 1.50 bits per heavy atom. The van der Waals surface area contributed by atoms with Crippen molar-refractivity contribution in [1.29, 1.82) is 0 Å². The van der Waals surface area contributed by atoms with Gasteiger partial charge in [0.15, 0.2) is 0 Å². The summed E-state index contributed by atoms with van der Waals surface area (Å²) in [5.74, 6) is 0.550. The van der Waals surface area contributed by atoms with Crippen LogP contribution in [0.5, 0.6) is 0 Å². The lowest BCUT2D eigenvalue weighted by Crippen LogP contribution is -2.34. The molecule has 0 amide bonds. The summed E-state index contributed by atoms with van der Waals surface area (Å²) in [6.45, 7) is 12.2. The minimum atomic E-state index is 0.276. The van der Waals surface area contributed by atoms with Crippen LogP contribution < -0.4 is 5.73 Å². The number of likely N-dealkylation sites (N-methyl/N-ethyl adjacent to an activating group) is 1. The van der Waals surface area contributed by atoms with E-state index in [2.05, 4.69) is 32.4 Å². The first kappa shape index (κ1) is 11.7. The van der Waals surface area contributed by atoms with Crippen LogP contribution in [0.1, 0.15) is 20.8 Å². The Morgan fingerprint density at radius 2 is 2.00 bits per heavy atom. The molecule has 0 aliphatic rings. The SMILES string of the molecule is C=C(C)CN(C)CC(C)C(C)N. The Morgan fingerprint density at radius 3 is 2.33 bits per heavy atom. The molecule has 2 heteroatoms. The average molecular weight is 170 g/mol. The molecule has 2 unspecified atom stereocenters. The van der Waals surface area contributed by atoms with Gasteiger partial charge in [-0.3, -0.25) is 0 Å². The molecule has 0 radical (unpaired) electrons. The highest BCUT2D eigenvalue weighted by Crippen LogP contribution is 2.03. The summed E-state index contributed by atoms with van der Waals surface area (Å²) in [5.41, 5.74) is 6.97. The van der Waals surface area contributed by atoms with Gasteiger partial charge in [-0.25, -0.2) is 0 Å². The van der Waals surface area contributed by atoms with E-state index >= 15 is 0 Å². The van der Waals surface area contributed by atoms with Crippen molar-refractivity contribution in [2.24, 2.45) is 11.7 Å². The molecule has 0 aromatic heterocycles. The molecule has 0 aliphatic carbocycles. The first-order valence-corrected chi connectivity index (χ1v) is 4.52. The highest BCUT2D eigenvalue weighted by Gasteiger charge is 2.09. The second-order valence-corrected chi connectivity index (χ2v) is 3.99. The van der Waals surface area contributed by atoms with Gasteiger partial charge >= 0.3 is 0 Å². The molecule has 2 nitrogen and oxygen atoms in total. The fourth-order valence-electron chi connectivity index (χ4n) is 1.18. The van der Waals surface area contributed by atoms with E-state index in [1.165, 1.54) is 5.57 Å². The summed E-state index contributed by atoms with van der Waals surface area (Å²) in [6.07, 6.45) is 0. The number of hydrogen-bond acceptors (Lipinski definition) is 2. The van der Waals surface area contributed by atoms with Gasteiger partial charge in [-0.2, -0.15) is 0 Å². The van der Waals surface area contributed by atoms with Crippen LogP contribution in [0.2, 0.25) is 0 Å². The number of nitrogens with two attached hydrogens (primary N) is 1. The zero-order valence-electron chi connectivity index (χ0n) is 8.80. The predicted molar refractivity (Wildman–Crippen MR) is 55.1 cm³/mol. The van der Waals surface area contributed by atoms with Crippen molar-refractivity contribution in [1.82, 2.24) is 4.90 Å². The van der Waals surface area contributed by atoms with Crippen LogP contribution in [-0.4, -0.2) is 31.1 Å². The second-order valence-electron chi connectivity index (χ2n) is 3.99. The van der Waals surface area contributed by atoms with E-state index in [1.807, 2.05) is 6.92 Å². The van der Waals surface area contributed by atoms with Gasteiger partial charge in [-0.1, -0.05) is 19.1 Å². The van der Waals surface area contributed by atoms with Crippen LogP contribution >= 0.6 is 0 Å². The fourth-order valence-corrected chi connectivity index (χ4v) is 1.18. The van der Waals surface area contributed by atoms with Crippen LogP contribution in [0.3, 0.4) is 0 Å². The third-order valence-corrected chi connectivity index (χ3v) is 2.04. The molecule has 0 fully saturated rings. The first-order valence-electron chi connectivity index (χ1n) is 4.52. The Bertz CT molecular complexity index is 141. The molecule has 0 aliphatic heterocycles. The largest absolute Gasteiger partial charge is 0.328 e. The van der Waals surface area contributed by atoms with Crippen molar-refractivity contribution in [2.45, 2.75) is 26.8 Å². The van der Waals surface area contributed by atoms with Crippen molar-refractivity contribution in [3.05, 3.63) is 12.2 Å². The maximum Gasteiger partial charge on any atom is 0.0184 e. The van der Waals surface area contributed by atoms with Crippen LogP contribution in [0.25, 0.3) is 0 Å². The molecule has 72 valence electrons. The maximum absolute atomic E-state index is 5.77. The smallest absolute Gasteiger partial charge is 0.0184 e. The first-order chi connectivity index (χ1) is 5.43. The molecule has 0 aromatic carbocycles. The van der Waals surface area contributed by atoms with Crippen LogP contribution in [0.4, 0.5) is 0 Å². The van der Waals surface area contributed by atoms with E-state index in [9.17, 15) is 0 Å². The van der Waals surface area contributed by atoms with Gasteiger partial charge in [0, 0.05) is 19.1 Å². The standard InChI is InChI=1S/C10H22N2/c1-8(2)6-12(5)7-9(3)10(4)11/h9-10H,1,6-7,11H2,2-5H3. The Kier molecular flexibility index (Phi) is 5.18. The van der Waals surface area contributed by atoms with Crippen LogP contribution in [0.15, 0.2) is 12.2 Å². The van der Waals surface area contributed by atoms with E-state index in [1.54, 1.807) is 0 Å². The Labute approximate surface area is 76.4 Å². The molecule has 0 saturated heterocycles. The van der Waals surface area contributed by atoms with Crippen molar-refractivity contribution in [3.63, 3.8) is 0 Å². The third-order valence-electron chi connectivity index (χ3n) is 2.04. The second kappa shape index (κ2) is 5.33. The van der Waals surface area contributed by atoms with Crippen LogP contribution in [-0.2, 0) is 0 Å². The molecule has 0 rings (SSSR count). The molecule has 0 heterocycles. The van der Waals surface area contributed by atoms with Gasteiger partial charge in [-0.15, -0.1) is 0 Å². The molecule has 12 heavy (non-hydrogen) atoms. The molecule has 0 bridgehead atoms. The van der Waals surface area contributed by atoms with E-state index < -0.39 is 0 Å². The van der Waals surface area contributed by atoms with Crippen LogP contribution in [0, 0.1) is 5.92 Å². The maximum atomic E-state index is 5.77. The zero-order valence-corrected chi connectivity index (χ0v) is 8.80. The highest BCUT2D eigenvalue weighted by molar-refractivity contribution is 4.91. The lowest BCUT2D eigenvalue weighted by Gasteiger charge is -2.23. The minimum absolute atomic E-state index is 0.276. The summed E-state index contributed by atoms with van der Waals surface area (Å²) in [6, 6.07) is 0.276. The molecule has 2 atom stereocenters. The molecule has 0 spiro atoms. The highest BCUT2D eigenvalue weighted by atomic mass is 15.1. The summed E-state index contributed by atoms with van der Waals surface area (Å²) in [5, 5.41) is 0. The Hall–Kier alpha value is -0.340. The molecule has 0 saturated carbocycles. The van der Waals surface area contributed by atoms with Crippen molar-refractivity contribution in [2.75, 3.05) is 20.1 Å². The fraction of sp³-hybridized carbons (Fsp3) is 0.800.